The second-order valence-corrected chi connectivity index (χ2v) is 5.79. The number of hydrogen-bond donors (Lipinski definition) is 1. The summed E-state index contributed by atoms with van der Waals surface area (Å²) >= 11 is 7.18. The summed E-state index contributed by atoms with van der Waals surface area (Å²) in [5, 5.41) is 3.36. The minimum atomic E-state index is -0.385. The van der Waals surface area contributed by atoms with Crippen LogP contribution in [-0.2, 0) is 22.5 Å². The first-order valence-electron chi connectivity index (χ1n) is 5.92. The van der Waals surface area contributed by atoms with Crippen LogP contribution >= 0.6 is 22.9 Å². The lowest BCUT2D eigenvalue weighted by Crippen LogP contribution is -2.02. The van der Waals surface area contributed by atoms with Crippen molar-refractivity contribution in [1.29, 1.82) is 0 Å². The van der Waals surface area contributed by atoms with Gasteiger partial charge in [-0.1, -0.05) is 11.6 Å². The smallest absolute Gasteiger partial charge is 0.310 e. The first-order valence-corrected chi connectivity index (χ1v) is 7.11. The Hall–Kier alpha value is -1.59. The summed E-state index contributed by atoms with van der Waals surface area (Å²) in [6, 6.07) is 8.27. The van der Waals surface area contributed by atoms with E-state index in [1.807, 2.05) is 12.1 Å². The lowest BCUT2D eigenvalue weighted by atomic mass is 10.3. The molecule has 0 fully saturated rings. The Balaban J connectivity index is 1.95. The molecule has 0 amide bonds. The van der Waals surface area contributed by atoms with Crippen molar-refractivity contribution in [3.63, 3.8) is 0 Å². The number of rotatable bonds is 5. The summed E-state index contributed by atoms with van der Waals surface area (Å²) in [5.74, 6) is -0.654. The maximum absolute atomic E-state index is 13.6. The molecule has 1 aromatic heterocycles. The van der Waals surface area contributed by atoms with Crippen molar-refractivity contribution in [2.24, 2.45) is 0 Å². The summed E-state index contributed by atoms with van der Waals surface area (Å²) in [6.07, 6.45) is 0.260. The first-order chi connectivity index (χ1) is 9.58. The van der Waals surface area contributed by atoms with Crippen LogP contribution in [0.4, 0.5) is 10.1 Å². The zero-order valence-electron chi connectivity index (χ0n) is 10.8. The third kappa shape index (κ3) is 3.95. The van der Waals surface area contributed by atoms with Crippen molar-refractivity contribution in [2.45, 2.75) is 13.0 Å². The van der Waals surface area contributed by atoms with E-state index in [1.54, 1.807) is 12.1 Å². The Morgan fingerprint density at radius 3 is 2.80 bits per heavy atom. The van der Waals surface area contributed by atoms with Gasteiger partial charge in [-0.05, 0) is 30.3 Å². The summed E-state index contributed by atoms with van der Waals surface area (Å²) in [4.78, 5) is 13.1. The largest absolute Gasteiger partial charge is 0.469 e. The fraction of sp³-hybridized carbons (Fsp3) is 0.214. The van der Waals surface area contributed by atoms with Crippen molar-refractivity contribution in [3.8, 4) is 0 Å². The zero-order chi connectivity index (χ0) is 14.5. The molecule has 1 heterocycles. The van der Waals surface area contributed by atoms with Crippen LogP contribution in [0.3, 0.4) is 0 Å². The van der Waals surface area contributed by atoms with Gasteiger partial charge in [0.05, 0.1) is 19.2 Å². The number of methoxy groups -OCH3 is 1. The van der Waals surface area contributed by atoms with E-state index in [2.05, 4.69) is 10.1 Å². The van der Waals surface area contributed by atoms with Gasteiger partial charge in [0.1, 0.15) is 5.82 Å². The number of esters is 1. The van der Waals surface area contributed by atoms with E-state index in [4.69, 9.17) is 11.6 Å². The van der Waals surface area contributed by atoms with Crippen LogP contribution in [0.1, 0.15) is 9.75 Å². The van der Waals surface area contributed by atoms with Gasteiger partial charge < -0.3 is 10.1 Å². The first kappa shape index (κ1) is 14.8. The number of thiophene rings is 1. The van der Waals surface area contributed by atoms with Crippen LogP contribution in [0.25, 0.3) is 0 Å². The van der Waals surface area contributed by atoms with Crippen LogP contribution in [0, 0.1) is 5.82 Å². The predicted molar refractivity (Wildman–Crippen MR) is 78.8 cm³/mol. The van der Waals surface area contributed by atoms with Gasteiger partial charge in [0.15, 0.2) is 0 Å². The van der Waals surface area contributed by atoms with Gasteiger partial charge in [0.2, 0.25) is 0 Å². The third-order valence-corrected chi connectivity index (χ3v) is 3.97. The Bertz CT molecular complexity index is 615. The number of hydrogen-bond acceptors (Lipinski definition) is 4. The molecule has 0 aliphatic carbocycles. The molecule has 20 heavy (non-hydrogen) atoms. The molecule has 0 atom stereocenters. The van der Waals surface area contributed by atoms with Crippen LogP contribution in [0.5, 0.6) is 0 Å². The number of ether oxygens (including phenoxy) is 1. The van der Waals surface area contributed by atoms with Gasteiger partial charge in [-0.15, -0.1) is 11.3 Å². The molecule has 2 rings (SSSR count). The molecule has 0 aliphatic heterocycles. The van der Waals surface area contributed by atoms with Crippen LogP contribution < -0.4 is 5.32 Å². The Morgan fingerprint density at radius 1 is 1.35 bits per heavy atom. The van der Waals surface area contributed by atoms with Gasteiger partial charge >= 0.3 is 5.97 Å². The highest BCUT2D eigenvalue weighted by Crippen LogP contribution is 2.22. The molecular weight excluding hydrogens is 301 g/mol. The van der Waals surface area contributed by atoms with Gasteiger partial charge in [-0.25, -0.2) is 4.39 Å². The summed E-state index contributed by atoms with van der Waals surface area (Å²) < 4.78 is 18.2. The molecule has 0 saturated heterocycles. The quantitative estimate of drug-likeness (QED) is 0.852. The number of nitrogens with one attached hydrogen (secondary N) is 1. The number of halogens is 2. The van der Waals surface area contributed by atoms with E-state index in [9.17, 15) is 9.18 Å². The molecular formula is C14H13ClFNO2S. The maximum atomic E-state index is 13.6. The highest BCUT2D eigenvalue weighted by atomic mass is 35.5. The average Bonchev–Trinajstić information content (AvgIpc) is 2.85. The topological polar surface area (TPSA) is 38.3 Å². The van der Waals surface area contributed by atoms with E-state index >= 15 is 0 Å². The number of benzene rings is 1. The molecule has 0 spiro atoms. The van der Waals surface area contributed by atoms with Crippen molar-refractivity contribution in [3.05, 3.63) is 50.9 Å². The summed E-state index contributed by atoms with van der Waals surface area (Å²) in [6.45, 7) is 0.490. The Kier molecular flexibility index (Phi) is 4.98. The van der Waals surface area contributed by atoms with Gasteiger partial charge in [-0.2, -0.15) is 0 Å². The Labute approximate surface area is 125 Å². The summed E-state index contributed by atoms with van der Waals surface area (Å²) in [7, 11) is 1.36. The number of carbonyl (C=O) groups is 1. The molecule has 6 heteroatoms. The molecule has 1 aromatic carbocycles. The van der Waals surface area contributed by atoms with E-state index in [1.165, 1.54) is 24.5 Å². The van der Waals surface area contributed by atoms with Crippen molar-refractivity contribution in [2.75, 3.05) is 12.4 Å². The van der Waals surface area contributed by atoms with Gasteiger partial charge in [0.25, 0.3) is 0 Å². The van der Waals surface area contributed by atoms with E-state index in [0.717, 1.165) is 9.75 Å². The molecule has 1 N–H and O–H groups in total. The van der Waals surface area contributed by atoms with E-state index in [0.29, 0.717) is 17.3 Å². The predicted octanol–water partition coefficient (Wildman–Crippen LogP) is 3.87. The van der Waals surface area contributed by atoms with Crippen LogP contribution in [0.2, 0.25) is 5.02 Å². The van der Waals surface area contributed by atoms with Crippen LogP contribution in [-0.4, -0.2) is 13.1 Å². The SMILES string of the molecule is COC(=O)Cc1ccc(CNc2ccc(Cl)cc2F)s1. The zero-order valence-corrected chi connectivity index (χ0v) is 12.4. The van der Waals surface area contributed by atoms with E-state index in [-0.39, 0.29) is 18.2 Å². The van der Waals surface area contributed by atoms with Crippen LogP contribution in [0.15, 0.2) is 30.3 Å². The Morgan fingerprint density at radius 2 is 2.10 bits per heavy atom. The lowest BCUT2D eigenvalue weighted by Gasteiger charge is -2.06. The second-order valence-electron chi connectivity index (χ2n) is 4.10. The fourth-order valence-corrected chi connectivity index (χ4v) is 2.74. The molecule has 2 aromatic rings. The third-order valence-electron chi connectivity index (χ3n) is 2.65. The number of anilines is 1. The lowest BCUT2D eigenvalue weighted by molar-refractivity contribution is -0.139. The van der Waals surface area contributed by atoms with Crippen molar-refractivity contribution < 1.29 is 13.9 Å². The minimum Gasteiger partial charge on any atom is -0.469 e. The van der Waals surface area contributed by atoms with E-state index < -0.39 is 0 Å². The molecule has 0 radical (unpaired) electrons. The second kappa shape index (κ2) is 6.72. The molecule has 0 aliphatic rings. The van der Waals surface area contributed by atoms with Crippen molar-refractivity contribution in [1.82, 2.24) is 0 Å². The molecule has 0 bridgehead atoms. The monoisotopic (exact) mass is 313 g/mol. The minimum absolute atomic E-state index is 0.260. The highest BCUT2D eigenvalue weighted by molar-refractivity contribution is 7.12. The average molecular weight is 314 g/mol. The maximum Gasteiger partial charge on any atom is 0.310 e. The standard InChI is InChI=1S/C14H13ClFNO2S/c1-19-14(18)7-10-3-4-11(20-10)8-17-13-5-2-9(15)6-12(13)16/h2-6,17H,7-8H2,1H3. The molecule has 3 nitrogen and oxygen atoms in total. The fourth-order valence-electron chi connectivity index (χ4n) is 1.64. The van der Waals surface area contributed by atoms with Gasteiger partial charge in [0, 0.05) is 21.3 Å². The number of carbonyl (C=O) groups excluding carboxylic acids is 1. The molecule has 0 saturated carbocycles. The summed E-state index contributed by atoms with van der Waals surface area (Å²) in [5.41, 5.74) is 0.400. The normalized spacial score (nSPS) is 10.3. The highest BCUT2D eigenvalue weighted by Gasteiger charge is 2.07. The molecule has 106 valence electrons. The molecule has 0 unspecified atom stereocenters. The van der Waals surface area contributed by atoms with Gasteiger partial charge in [-0.3, -0.25) is 4.79 Å². The van der Waals surface area contributed by atoms with Crippen molar-refractivity contribution >= 4 is 34.6 Å².